The van der Waals surface area contributed by atoms with Gasteiger partial charge in [-0.25, -0.2) is 0 Å². The summed E-state index contributed by atoms with van der Waals surface area (Å²) in [6, 6.07) is 7.32. The van der Waals surface area contributed by atoms with Crippen molar-refractivity contribution in [1.29, 1.82) is 0 Å². The van der Waals surface area contributed by atoms with Crippen molar-refractivity contribution in [2.45, 2.75) is 25.7 Å². The highest BCUT2D eigenvalue weighted by molar-refractivity contribution is 7.21. The number of pyridine rings is 1. The predicted molar refractivity (Wildman–Crippen MR) is 104 cm³/mol. The Labute approximate surface area is 154 Å². The van der Waals surface area contributed by atoms with E-state index >= 15 is 0 Å². The summed E-state index contributed by atoms with van der Waals surface area (Å²) in [5.41, 5.74) is 0.705. The van der Waals surface area contributed by atoms with Gasteiger partial charge in [0, 0.05) is 35.2 Å². The fraction of sp³-hybridized carbons (Fsp3) is 0.368. The van der Waals surface area contributed by atoms with Gasteiger partial charge in [-0.2, -0.15) is 0 Å². The second-order valence-electron chi connectivity index (χ2n) is 6.59. The van der Waals surface area contributed by atoms with Gasteiger partial charge in [0.05, 0.1) is 15.8 Å². The van der Waals surface area contributed by atoms with Gasteiger partial charge >= 0.3 is 0 Å². The third kappa shape index (κ3) is 2.85. The number of likely N-dealkylation sites (tertiary alicyclic amines) is 1. The maximum atomic E-state index is 12.9. The first-order valence-electron chi connectivity index (χ1n) is 8.57. The summed E-state index contributed by atoms with van der Waals surface area (Å²) in [6.45, 7) is 1.61. The Morgan fingerprint density at radius 1 is 1.08 bits per heavy atom. The number of nitrogens with zero attached hydrogens (tertiary/aromatic N) is 2. The monoisotopic (exact) mass is 374 g/mol. The molecule has 3 heterocycles. The van der Waals surface area contributed by atoms with Gasteiger partial charge < -0.3 is 9.47 Å². The molecule has 4 nitrogen and oxygen atoms in total. The van der Waals surface area contributed by atoms with E-state index in [-0.39, 0.29) is 11.5 Å². The normalized spacial score (nSPS) is 15.7. The van der Waals surface area contributed by atoms with Crippen LogP contribution in [0.3, 0.4) is 0 Å². The zero-order valence-electron chi connectivity index (χ0n) is 14.0. The summed E-state index contributed by atoms with van der Waals surface area (Å²) >= 11 is 7.51. The van der Waals surface area contributed by atoms with E-state index in [0.29, 0.717) is 15.3 Å². The number of benzene rings is 1. The van der Waals surface area contributed by atoms with Gasteiger partial charge in [-0.3, -0.25) is 9.59 Å². The van der Waals surface area contributed by atoms with Crippen molar-refractivity contribution in [3.05, 3.63) is 44.5 Å². The molecule has 4 rings (SSSR count). The van der Waals surface area contributed by atoms with Crippen LogP contribution < -0.4 is 5.56 Å². The second kappa shape index (κ2) is 6.46. The molecular formula is C19H19ClN2O2S. The van der Waals surface area contributed by atoms with E-state index in [2.05, 4.69) is 0 Å². The molecule has 0 saturated carbocycles. The lowest BCUT2D eigenvalue weighted by atomic mass is 10.1. The van der Waals surface area contributed by atoms with Crippen molar-refractivity contribution in [3.63, 3.8) is 0 Å². The van der Waals surface area contributed by atoms with Crippen LogP contribution in [0.4, 0.5) is 0 Å². The molecule has 0 N–H and O–H groups in total. The molecule has 0 spiro atoms. The molecule has 25 heavy (non-hydrogen) atoms. The van der Waals surface area contributed by atoms with Crippen molar-refractivity contribution < 1.29 is 4.79 Å². The van der Waals surface area contributed by atoms with Gasteiger partial charge in [0.15, 0.2) is 0 Å². The second-order valence-corrected chi connectivity index (χ2v) is 8.07. The SMILES string of the molecule is Cn1c(=O)c2cc(C(=O)N3CCCCCC3)sc2c2ccc(Cl)cc21. The number of aromatic nitrogens is 1. The van der Waals surface area contributed by atoms with Crippen molar-refractivity contribution in [3.8, 4) is 0 Å². The van der Waals surface area contributed by atoms with Gasteiger partial charge in [-0.1, -0.05) is 24.4 Å². The van der Waals surface area contributed by atoms with Crippen LogP contribution in [0.15, 0.2) is 29.1 Å². The summed E-state index contributed by atoms with van der Waals surface area (Å²) < 4.78 is 2.48. The molecule has 0 unspecified atom stereocenters. The summed E-state index contributed by atoms with van der Waals surface area (Å²) in [5, 5.41) is 2.17. The number of hydrogen-bond acceptors (Lipinski definition) is 3. The lowest BCUT2D eigenvalue weighted by Gasteiger charge is -2.19. The first kappa shape index (κ1) is 16.6. The highest BCUT2D eigenvalue weighted by atomic mass is 35.5. The first-order chi connectivity index (χ1) is 12.1. The number of fused-ring (bicyclic) bond motifs is 3. The Bertz CT molecular complexity index is 1030. The largest absolute Gasteiger partial charge is 0.338 e. The number of rotatable bonds is 1. The van der Waals surface area contributed by atoms with Gasteiger partial charge in [-0.15, -0.1) is 11.3 Å². The third-order valence-corrected chi connectivity index (χ3v) is 6.33. The lowest BCUT2D eigenvalue weighted by Crippen LogP contribution is -2.31. The fourth-order valence-corrected chi connectivity index (χ4v) is 4.87. The number of halogens is 1. The number of amides is 1. The van der Waals surface area contributed by atoms with E-state index < -0.39 is 0 Å². The number of carbonyl (C=O) groups excluding carboxylic acids is 1. The molecular weight excluding hydrogens is 356 g/mol. The molecule has 3 aromatic rings. The number of carbonyl (C=O) groups is 1. The summed E-state index contributed by atoms with van der Waals surface area (Å²) in [4.78, 5) is 28.2. The Hall–Kier alpha value is -1.85. The molecule has 130 valence electrons. The van der Waals surface area contributed by atoms with Crippen LogP contribution in [0.1, 0.15) is 35.4 Å². The van der Waals surface area contributed by atoms with E-state index in [9.17, 15) is 9.59 Å². The topological polar surface area (TPSA) is 42.3 Å². The van der Waals surface area contributed by atoms with Crippen LogP contribution in [-0.4, -0.2) is 28.5 Å². The zero-order chi connectivity index (χ0) is 17.6. The van der Waals surface area contributed by atoms with Crippen molar-refractivity contribution in [2.24, 2.45) is 7.05 Å². The van der Waals surface area contributed by atoms with Gasteiger partial charge in [0.1, 0.15) is 0 Å². The van der Waals surface area contributed by atoms with Crippen LogP contribution >= 0.6 is 22.9 Å². The Morgan fingerprint density at radius 2 is 1.80 bits per heavy atom. The van der Waals surface area contributed by atoms with E-state index in [1.165, 1.54) is 24.2 Å². The van der Waals surface area contributed by atoms with Crippen molar-refractivity contribution >= 4 is 49.8 Å². The van der Waals surface area contributed by atoms with Crippen LogP contribution in [-0.2, 0) is 7.05 Å². The summed E-state index contributed by atoms with van der Waals surface area (Å²) in [7, 11) is 1.74. The van der Waals surface area contributed by atoms with E-state index in [1.807, 2.05) is 17.0 Å². The number of thiophene rings is 1. The maximum Gasteiger partial charge on any atom is 0.263 e. The Kier molecular flexibility index (Phi) is 4.29. The minimum Gasteiger partial charge on any atom is -0.338 e. The van der Waals surface area contributed by atoms with Crippen LogP contribution in [0.25, 0.3) is 21.0 Å². The van der Waals surface area contributed by atoms with Crippen LogP contribution in [0, 0.1) is 0 Å². The van der Waals surface area contributed by atoms with E-state index in [0.717, 1.165) is 41.5 Å². The molecule has 1 aromatic carbocycles. The van der Waals surface area contributed by atoms with Crippen molar-refractivity contribution in [2.75, 3.05) is 13.1 Å². The van der Waals surface area contributed by atoms with Crippen LogP contribution in [0.5, 0.6) is 0 Å². The highest BCUT2D eigenvalue weighted by Crippen LogP contribution is 2.32. The molecule has 1 aliphatic heterocycles. The molecule has 2 aromatic heterocycles. The van der Waals surface area contributed by atoms with Gasteiger partial charge in [0.25, 0.3) is 11.5 Å². The minimum absolute atomic E-state index is 0.0484. The lowest BCUT2D eigenvalue weighted by molar-refractivity contribution is 0.0766. The maximum absolute atomic E-state index is 12.9. The van der Waals surface area contributed by atoms with Gasteiger partial charge in [0.2, 0.25) is 0 Å². The molecule has 1 saturated heterocycles. The summed E-state index contributed by atoms with van der Waals surface area (Å²) in [6.07, 6.45) is 4.48. The predicted octanol–water partition coefficient (Wildman–Crippen LogP) is 4.42. The molecule has 1 aliphatic rings. The highest BCUT2D eigenvalue weighted by Gasteiger charge is 2.21. The molecule has 6 heteroatoms. The molecule has 0 bridgehead atoms. The number of hydrogen-bond donors (Lipinski definition) is 0. The minimum atomic E-state index is -0.0871. The average molecular weight is 375 g/mol. The van der Waals surface area contributed by atoms with Crippen LogP contribution in [0.2, 0.25) is 5.02 Å². The van der Waals surface area contributed by atoms with Gasteiger partial charge in [-0.05, 0) is 37.1 Å². The van der Waals surface area contributed by atoms with E-state index in [1.54, 1.807) is 23.7 Å². The third-order valence-electron chi connectivity index (χ3n) is 4.94. The van der Waals surface area contributed by atoms with Crippen molar-refractivity contribution in [1.82, 2.24) is 9.47 Å². The molecule has 0 radical (unpaired) electrons. The Morgan fingerprint density at radius 3 is 2.52 bits per heavy atom. The molecule has 0 aliphatic carbocycles. The molecule has 0 atom stereocenters. The number of aryl methyl sites for hydroxylation is 1. The van der Waals surface area contributed by atoms with E-state index in [4.69, 9.17) is 11.6 Å². The first-order valence-corrected chi connectivity index (χ1v) is 9.77. The zero-order valence-corrected chi connectivity index (χ0v) is 15.6. The summed E-state index contributed by atoms with van der Waals surface area (Å²) in [5.74, 6) is 0.0484. The average Bonchev–Trinajstić information content (AvgIpc) is 2.87. The Balaban J connectivity index is 1.87. The molecule has 1 fully saturated rings. The fourth-order valence-electron chi connectivity index (χ4n) is 3.55. The smallest absolute Gasteiger partial charge is 0.263 e. The standard InChI is InChI=1S/C19H19ClN2O2S/c1-21-15-10-12(20)6-7-13(15)17-14(18(21)23)11-16(25-17)19(24)22-8-4-2-3-5-9-22/h6-7,10-11H,2-5,8-9H2,1H3. The quantitative estimate of drug-likeness (QED) is 0.632. The molecule has 1 amide bonds.